The Hall–Kier alpha value is -2.55. The Morgan fingerprint density at radius 1 is 1.24 bits per heavy atom. The zero-order chi connectivity index (χ0) is 12.4. The summed E-state index contributed by atoms with van der Waals surface area (Å²) < 4.78 is 25.8. The van der Waals surface area contributed by atoms with Crippen LogP contribution in [0.3, 0.4) is 0 Å². The number of aromatic nitrogens is 2. The molecule has 0 fully saturated rings. The molecule has 1 aromatic carbocycles. The van der Waals surface area contributed by atoms with Crippen LogP contribution in [0.4, 0.5) is 8.78 Å². The minimum Gasteiger partial charge on any atom is -0.268 e. The third kappa shape index (κ3) is 2.03. The quantitative estimate of drug-likeness (QED) is 0.813. The van der Waals surface area contributed by atoms with Crippen LogP contribution in [0.25, 0.3) is 11.3 Å². The van der Waals surface area contributed by atoms with Gasteiger partial charge < -0.3 is 0 Å². The number of rotatable bonds is 1. The highest BCUT2D eigenvalue weighted by molar-refractivity contribution is 5.65. The van der Waals surface area contributed by atoms with Gasteiger partial charge in [0.2, 0.25) is 0 Å². The lowest BCUT2D eigenvalue weighted by Gasteiger charge is -2.02. The molecule has 1 heterocycles. The zero-order valence-corrected chi connectivity index (χ0v) is 8.37. The smallest absolute Gasteiger partial charge is 0.265 e. The topological polar surface area (TPSA) is 69.5 Å². The molecule has 4 nitrogen and oxygen atoms in total. The third-order valence-corrected chi connectivity index (χ3v) is 2.12. The number of nitrogens with zero attached hydrogens (tertiary/aromatic N) is 2. The van der Waals surface area contributed by atoms with Crippen molar-refractivity contribution in [2.45, 2.75) is 0 Å². The van der Waals surface area contributed by atoms with Crippen LogP contribution in [0.1, 0.15) is 5.56 Å². The molecule has 0 unspecified atom stereocenters. The SMILES string of the molecule is N#Cc1cc(=O)[nH]nc1-c1ccc(F)c(F)c1. The predicted octanol–water partition coefficient (Wildman–Crippen LogP) is 1.59. The predicted molar refractivity (Wildman–Crippen MR) is 54.9 cm³/mol. The van der Waals surface area contributed by atoms with Crippen LogP contribution in [-0.4, -0.2) is 10.2 Å². The molecule has 0 saturated heterocycles. The van der Waals surface area contributed by atoms with E-state index in [9.17, 15) is 13.6 Å². The highest BCUT2D eigenvalue weighted by atomic mass is 19.2. The van der Waals surface area contributed by atoms with E-state index < -0.39 is 17.2 Å². The van der Waals surface area contributed by atoms with Crippen LogP contribution < -0.4 is 5.56 Å². The number of aromatic amines is 1. The van der Waals surface area contributed by atoms with Gasteiger partial charge in [0.15, 0.2) is 11.6 Å². The van der Waals surface area contributed by atoms with E-state index in [4.69, 9.17) is 5.26 Å². The Bertz CT molecular complexity index is 673. The molecule has 1 N–H and O–H groups in total. The number of hydrogen-bond acceptors (Lipinski definition) is 3. The molecule has 6 heteroatoms. The maximum atomic E-state index is 13.0. The molecular weight excluding hydrogens is 228 g/mol. The van der Waals surface area contributed by atoms with Gasteiger partial charge in [0, 0.05) is 11.6 Å². The van der Waals surface area contributed by atoms with Gasteiger partial charge in [0.25, 0.3) is 5.56 Å². The Morgan fingerprint density at radius 3 is 2.65 bits per heavy atom. The van der Waals surface area contributed by atoms with Crippen LogP contribution in [0, 0.1) is 23.0 Å². The molecular formula is C11H5F2N3O. The molecule has 1 aromatic heterocycles. The number of hydrogen-bond donors (Lipinski definition) is 1. The highest BCUT2D eigenvalue weighted by Crippen LogP contribution is 2.21. The van der Waals surface area contributed by atoms with E-state index in [0.29, 0.717) is 0 Å². The maximum absolute atomic E-state index is 13.0. The molecule has 0 radical (unpaired) electrons. The fraction of sp³-hybridized carbons (Fsp3) is 0. The molecule has 0 amide bonds. The van der Waals surface area contributed by atoms with Crippen LogP contribution in [-0.2, 0) is 0 Å². The minimum absolute atomic E-state index is 0.000224. The second-order valence-electron chi connectivity index (χ2n) is 3.24. The molecule has 2 rings (SSSR count). The van der Waals surface area contributed by atoms with Crippen molar-refractivity contribution in [2.24, 2.45) is 0 Å². The van der Waals surface area contributed by atoms with E-state index in [1.165, 1.54) is 6.07 Å². The van der Waals surface area contributed by atoms with Crippen molar-refractivity contribution in [3.8, 4) is 17.3 Å². The van der Waals surface area contributed by atoms with Crippen molar-refractivity contribution >= 4 is 0 Å². The lowest BCUT2D eigenvalue weighted by atomic mass is 10.1. The summed E-state index contributed by atoms with van der Waals surface area (Å²) in [5.74, 6) is -2.03. The molecule has 0 saturated carbocycles. The van der Waals surface area contributed by atoms with Crippen molar-refractivity contribution in [1.29, 1.82) is 5.26 Å². The summed E-state index contributed by atoms with van der Waals surface area (Å²) in [4.78, 5) is 11.0. The minimum atomic E-state index is -1.04. The van der Waals surface area contributed by atoms with Crippen molar-refractivity contribution in [3.63, 3.8) is 0 Å². The maximum Gasteiger partial charge on any atom is 0.265 e. The Kier molecular flexibility index (Phi) is 2.66. The number of halogens is 2. The van der Waals surface area contributed by atoms with Crippen LogP contribution >= 0.6 is 0 Å². The van der Waals surface area contributed by atoms with Gasteiger partial charge in [0.05, 0.1) is 5.56 Å². The first-order valence-corrected chi connectivity index (χ1v) is 4.57. The van der Waals surface area contributed by atoms with Crippen LogP contribution in [0.15, 0.2) is 29.1 Å². The lowest BCUT2D eigenvalue weighted by Crippen LogP contribution is -2.09. The number of nitriles is 1. The summed E-state index contributed by atoms with van der Waals surface area (Å²) in [5, 5.41) is 14.6. The van der Waals surface area contributed by atoms with E-state index in [0.717, 1.165) is 18.2 Å². The van der Waals surface area contributed by atoms with E-state index in [1.807, 2.05) is 0 Å². The summed E-state index contributed by atoms with van der Waals surface area (Å²) in [6.07, 6.45) is 0. The van der Waals surface area contributed by atoms with E-state index in [-0.39, 0.29) is 16.8 Å². The fourth-order valence-electron chi connectivity index (χ4n) is 1.35. The monoisotopic (exact) mass is 233 g/mol. The van der Waals surface area contributed by atoms with Gasteiger partial charge in [0.1, 0.15) is 11.8 Å². The van der Waals surface area contributed by atoms with Gasteiger partial charge in [-0.3, -0.25) is 4.79 Å². The first kappa shape index (κ1) is 11.0. The van der Waals surface area contributed by atoms with E-state index in [1.54, 1.807) is 6.07 Å². The number of nitrogens with one attached hydrogen (secondary N) is 1. The molecule has 0 bridgehead atoms. The number of benzene rings is 1. The van der Waals surface area contributed by atoms with Gasteiger partial charge in [-0.1, -0.05) is 0 Å². The zero-order valence-electron chi connectivity index (χ0n) is 8.37. The Balaban J connectivity index is 2.65. The molecule has 0 atom stereocenters. The normalized spacial score (nSPS) is 9.94. The molecule has 0 spiro atoms. The summed E-state index contributed by atoms with van der Waals surface area (Å²) in [6.45, 7) is 0. The second-order valence-corrected chi connectivity index (χ2v) is 3.24. The summed E-state index contributed by atoms with van der Waals surface area (Å²) >= 11 is 0. The largest absolute Gasteiger partial charge is 0.268 e. The van der Waals surface area contributed by atoms with Gasteiger partial charge in [-0.25, -0.2) is 13.9 Å². The third-order valence-electron chi connectivity index (χ3n) is 2.12. The van der Waals surface area contributed by atoms with Gasteiger partial charge in [-0.15, -0.1) is 0 Å². The highest BCUT2D eigenvalue weighted by Gasteiger charge is 2.10. The van der Waals surface area contributed by atoms with Crippen molar-refractivity contribution in [3.05, 3.63) is 51.8 Å². The molecule has 2 aromatic rings. The van der Waals surface area contributed by atoms with Crippen molar-refractivity contribution in [1.82, 2.24) is 10.2 Å². The van der Waals surface area contributed by atoms with Gasteiger partial charge >= 0.3 is 0 Å². The first-order valence-electron chi connectivity index (χ1n) is 4.57. The van der Waals surface area contributed by atoms with Gasteiger partial charge in [-0.2, -0.15) is 10.4 Å². The van der Waals surface area contributed by atoms with Crippen molar-refractivity contribution < 1.29 is 8.78 Å². The molecule has 0 aliphatic rings. The fourth-order valence-corrected chi connectivity index (χ4v) is 1.35. The number of H-pyrrole nitrogens is 1. The lowest BCUT2D eigenvalue weighted by molar-refractivity contribution is 0.509. The van der Waals surface area contributed by atoms with E-state index in [2.05, 4.69) is 10.2 Å². The molecule has 0 aliphatic heterocycles. The second kappa shape index (κ2) is 4.14. The Labute approximate surface area is 94.1 Å². The molecule has 84 valence electrons. The first-order chi connectivity index (χ1) is 8.11. The average molecular weight is 233 g/mol. The van der Waals surface area contributed by atoms with Crippen LogP contribution in [0.5, 0.6) is 0 Å². The average Bonchev–Trinajstić information content (AvgIpc) is 2.32. The van der Waals surface area contributed by atoms with E-state index >= 15 is 0 Å². The summed E-state index contributed by atoms with van der Waals surface area (Å²) in [7, 11) is 0. The molecule has 17 heavy (non-hydrogen) atoms. The van der Waals surface area contributed by atoms with Crippen LogP contribution in [0.2, 0.25) is 0 Å². The summed E-state index contributed by atoms with van der Waals surface area (Å²) in [6, 6.07) is 5.94. The molecule has 0 aliphatic carbocycles. The van der Waals surface area contributed by atoms with Gasteiger partial charge in [-0.05, 0) is 18.2 Å². The Morgan fingerprint density at radius 2 is 2.00 bits per heavy atom. The summed E-state index contributed by atoms with van der Waals surface area (Å²) in [5.41, 5.74) is -0.213. The standard InChI is InChI=1S/C11H5F2N3O/c12-8-2-1-6(3-9(8)13)11-7(5-14)4-10(17)15-16-11/h1-4H,(H,15,17). The van der Waals surface area contributed by atoms with Crippen molar-refractivity contribution in [2.75, 3.05) is 0 Å².